The van der Waals surface area contributed by atoms with Crippen LogP contribution in [0, 0.1) is 11.8 Å². The number of halogens is 2. The van der Waals surface area contributed by atoms with Crippen LogP contribution in [0.5, 0.6) is 0 Å². The van der Waals surface area contributed by atoms with E-state index in [-0.39, 0.29) is 31.4 Å². The highest BCUT2D eigenvalue weighted by molar-refractivity contribution is 9.08. The van der Waals surface area contributed by atoms with Gasteiger partial charge in [-0.05, 0) is 40.5 Å². The first-order valence-corrected chi connectivity index (χ1v) is 15.0. The van der Waals surface area contributed by atoms with Crippen molar-refractivity contribution in [1.82, 2.24) is 5.32 Å². The second-order valence-corrected chi connectivity index (χ2v) is 10.2. The Bertz CT molecular complexity index is 1340. The summed E-state index contributed by atoms with van der Waals surface area (Å²) in [4.78, 5) is 27.2. The Balaban J connectivity index is 1.19. The minimum absolute atomic E-state index is 0.0809. The summed E-state index contributed by atoms with van der Waals surface area (Å²) in [5.41, 5.74) is 6.99. The standard InChI is InChI=1S/C31H30Br2N2O4/c32-18-23-15-24(19-33)17-25(16-23)21-38-13-14-39-22-30(36)34-12-11-31(37)35-20-28-7-2-1-5-26(28)9-10-27-6-3-4-8-29(27)35/h1-8,15-17H,11-14,18-22H2,(H,34,36). The molecule has 0 fully saturated rings. The molecule has 2 amide bonds. The van der Waals surface area contributed by atoms with Crippen molar-refractivity contribution >= 4 is 49.4 Å². The third-order valence-corrected chi connectivity index (χ3v) is 7.42. The summed E-state index contributed by atoms with van der Waals surface area (Å²) in [5, 5.41) is 4.36. The predicted octanol–water partition coefficient (Wildman–Crippen LogP) is 5.46. The minimum atomic E-state index is -0.265. The maximum absolute atomic E-state index is 13.2. The van der Waals surface area contributed by atoms with E-state index in [1.165, 1.54) is 11.1 Å². The van der Waals surface area contributed by atoms with E-state index < -0.39 is 0 Å². The van der Waals surface area contributed by atoms with E-state index in [9.17, 15) is 9.59 Å². The van der Waals surface area contributed by atoms with Crippen LogP contribution in [0.25, 0.3) is 0 Å². The van der Waals surface area contributed by atoms with Crippen LogP contribution in [-0.2, 0) is 42.9 Å². The molecule has 0 bridgehead atoms. The van der Waals surface area contributed by atoms with Gasteiger partial charge in [0.05, 0.1) is 32.1 Å². The minimum Gasteiger partial charge on any atom is -0.374 e. The first-order valence-electron chi connectivity index (χ1n) is 12.7. The molecule has 8 heteroatoms. The average Bonchev–Trinajstić information content (AvgIpc) is 2.95. The number of nitrogens with zero attached hydrogens (tertiary/aromatic N) is 1. The largest absolute Gasteiger partial charge is 0.374 e. The molecule has 202 valence electrons. The molecule has 4 rings (SSSR count). The molecule has 1 aliphatic rings. The van der Waals surface area contributed by atoms with Gasteiger partial charge in [-0.2, -0.15) is 0 Å². The second-order valence-electron chi connectivity index (χ2n) is 9.03. The van der Waals surface area contributed by atoms with Crippen molar-refractivity contribution in [3.63, 3.8) is 0 Å². The van der Waals surface area contributed by atoms with Gasteiger partial charge in [0.25, 0.3) is 0 Å². The Kier molecular flexibility index (Phi) is 11.2. The molecule has 1 aliphatic heterocycles. The first kappa shape index (κ1) is 29.0. The zero-order valence-corrected chi connectivity index (χ0v) is 24.7. The van der Waals surface area contributed by atoms with Crippen molar-refractivity contribution in [3.05, 3.63) is 100 Å². The van der Waals surface area contributed by atoms with E-state index in [4.69, 9.17) is 9.47 Å². The number of rotatable bonds is 12. The Hall–Kier alpha value is -2.96. The molecule has 39 heavy (non-hydrogen) atoms. The number of amides is 2. The fourth-order valence-electron chi connectivity index (χ4n) is 4.25. The van der Waals surface area contributed by atoms with E-state index in [1.807, 2.05) is 48.5 Å². The quantitative estimate of drug-likeness (QED) is 0.160. The number of alkyl halides is 2. The van der Waals surface area contributed by atoms with Crippen LogP contribution in [0.4, 0.5) is 5.69 Å². The number of benzene rings is 3. The molecule has 0 saturated carbocycles. The van der Waals surface area contributed by atoms with Gasteiger partial charge >= 0.3 is 0 Å². The number of carbonyl (C=O) groups excluding carboxylic acids is 2. The lowest BCUT2D eigenvalue weighted by Crippen LogP contribution is -2.36. The van der Waals surface area contributed by atoms with E-state index >= 15 is 0 Å². The van der Waals surface area contributed by atoms with Gasteiger partial charge < -0.3 is 19.7 Å². The highest BCUT2D eigenvalue weighted by atomic mass is 79.9. The highest BCUT2D eigenvalue weighted by Gasteiger charge is 2.21. The summed E-state index contributed by atoms with van der Waals surface area (Å²) in [7, 11) is 0. The topological polar surface area (TPSA) is 67.9 Å². The molecule has 0 radical (unpaired) electrons. The number of carbonyl (C=O) groups is 2. The summed E-state index contributed by atoms with van der Waals surface area (Å²) in [6, 6.07) is 21.8. The van der Waals surface area contributed by atoms with E-state index in [2.05, 4.69) is 67.2 Å². The van der Waals surface area contributed by atoms with Crippen LogP contribution >= 0.6 is 31.9 Å². The van der Waals surface area contributed by atoms with Crippen molar-refractivity contribution in [2.24, 2.45) is 0 Å². The molecular formula is C31H30Br2N2O4. The Morgan fingerprint density at radius 3 is 2.26 bits per heavy atom. The van der Waals surface area contributed by atoms with Crippen LogP contribution < -0.4 is 10.2 Å². The number of nitrogens with one attached hydrogen (secondary N) is 1. The molecule has 0 atom stereocenters. The molecule has 0 aromatic heterocycles. The summed E-state index contributed by atoms with van der Waals surface area (Å²) < 4.78 is 11.2. The molecule has 3 aromatic carbocycles. The lowest BCUT2D eigenvalue weighted by molar-refractivity contribution is -0.126. The summed E-state index contributed by atoms with van der Waals surface area (Å²) >= 11 is 6.99. The average molecular weight is 654 g/mol. The van der Waals surface area contributed by atoms with Crippen LogP contribution in [0.2, 0.25) is 0 Å². The van der Waals surface area contributed by atoms with Crippen molar-refractivity contribution in [2.75, 3.05) is 31.3 Å². The summed E-state index contributed by atoms with van der Waals surface area (Å²) in [5.74, 6) is 6.06. The number of fused-ring (bicyclic) bond motifs is 2. The van der Waals surface area contributed by atoms with Crippen molar-refractivity contribution in [2.45, 2.75) is 30.2 Å². The molecule has 6 nitrogen and oxygen atoms in total. The van der Waals surface area contributed by atoms with E-state index in [1.54, 1.807) is 4.90 Å². The number of anilines is 1. The zero-order valence-electron chi connectivity index (χ0n) is 21.6. The number of hydrogen-bond donors (Lipinski definition) is 1. The zero-order chi connectivity index (χ0) is 27.5. The van der Waals surface area contributed by atoms with Crippen LogP contribution in [0.15, 0.2) is 66.7 Å². The lowest BCUT2D eigenvalue weighted by atomic mass is 10.0. The number of ether oxygens (including phenoxy) is 2. The van der Waals surface area contributed by atoms with Gasteiger partial charge in [-0.1, -0.05) is 92.2 Å². The lowest BCUT2D eigenvalue weighted by Gasteiger charge is -2.26. The number of hydrogen-bond acceptors (Lipinski definition) is 4. The van der Waals surface area contributed by atoms with Crippen molar-refractivity contribution in [3.8, 4) is 11.8 Å². The van der Waals surface area contributed by atoms with Crippen molar-refractivity contribution in [1.29, 1.82) is 0 Å². The van der Waals surface area contributed by atoms with Crippen molar-refractivity contribution < 1.29 is 19.1 Å². The molecule has 0 unspecified atom stereocenters. The van der Waals surface area contributed by atoms with Gasteiger partial charge in [0.15, 0.2) is 0 Å². The van der Waals surface area contributed by atoms with Crippen LogP contribution in [0.1, 0.15) is 39.8 Å². The predicted molar refractivity (Wildman–Crippen MR) is 160 cm³/mol. The fourth-order valence-corrected chi connectivity index (χ4v) is 4.90. The van der Waals surface area contributed by atoms with Gasteiger partial charge in [0.1, 0.15) is 6.61 Å². The third-order valence-electron chi connectivity index (χ3n) is 6.13. The monoisotopic (exact) mass is 652 g/mol. The summed E-state index contributed by atoms with van der Waals surface area (Å²) in [6.07, 6.45) is 0.169. The first-order chi connectivity index (χ1) is 19.1. The Labute approximate surface area is 246 Å². The molecule has 0 spiro atoms. The van der Waals surface area contributed by atoms with Gasteiger partial charge in [0.2, 0.25) is 11.8 Å². The maximum Gasteiger partial charge on any atom is 0.246 e. The molecule has 1 N–H and O–H groups in total. The number of para-hydroxylation sites is 1. The Morgan fingerprint density at radius 1 is 0.846 bits per heavy atom. The third kappa shape index (κ3) is 8.51. The molecule has 0 aliphatic carbocycles. The molecule has 0 saturated heterocycles. The van der Waals surface area contributed by atoms with Gasteiger partial charge in [-0.15, -0.1) is 0 Å². The molecule has 3 aromatic rings. The van der Waals surface area contributed by atoms with Gasteiger partial charge in [-0.25, -0.2) is 0 Å². The van der Waals surface area contributed by atoms with Crippen LogP contribution in [-0.4, -0.2) is 38.2 Å². The second kappa shape index (κ2) is 15.0. The SMILES string of the molecule is O=C(COCCOCc1cc(CBr)cc(CBr)c1)NCCC(=O)N1Cc2ccccc2C#Cc2ccccc21. The van der Waals surface area contributed by atoms with Crippen LogP contribution in [0.3, 0.4) is 0 Å². The van der Waals surface area contributed by atoms with E-state index in [0.29, 0.717) is 26.4 Å². The molecular weight excluding hydrogens is 624 g/mol. The summed E-state index contributed by atoms with van der Waals surface area (Å²) in [6.45, 7) is 1.74. The Morgan fingerprint density at radius 2 is 1.49 bits per heavy atom. The normalized spacial score (nSPS) is 11.9. The van der Waals surface area contributed by atoms with Gasteiger partial charge in [0, 0.05) is 34.8 Å². The molecule has 1 heterocycles. The smallest absolute Gasteiger partial charge is 0.246 e. The fraction of sp³-hybridized carbons (Fsp3) is 0.290. The van der Waals surface area contributed by atoms with Gasteiger partial charge in [-0.3, -0.25) is 9.59 Å². The highest BCUT2D eigenvalue weighted by Crippen LogP contribution is 2.25. The van der Waals surface area contributed by atoms with E-state index in [0.717, 1.165) is 38.6 Å². The maximum atomic E-state index is 13.2.